The van der Waals surface area contributed by atoms with Gasteiger partial charge in [-0.05, 0) is 24.8 Å². The lowest BCUT2D eigenvalue weighted by Crippen LogP contribution is -2.42. The lowest BCUT2D eigenvalue weighted by molar-refractivity contribution is 0.0551. The van der Waals surface area contributed by atoms with Crippen LogP contribution in [0.3, 0.4) is 0 Å². The van der Waals surface area contributed by atoms with Crippen molar-refractivity contribution in [2.45, 2.75) is 26.4 Å². The molecule has 0 aromatic heterocycles. The van der Waals surface area contributed by atoms with E-state index in [-0.39, 0.29) is 6.10 Å². The molecule has 0 bridgehead atoms. The van der Waals surface area contributed by atoms with Gasteiger partial charge in [-0.2, -0.15) is 0 Å². The Morgan fingerprint density at radius 1 is 1.50 bits per heavy atom. The van der Waals surface area contributed by atoms with Crippen molar-refractivity contribution in [1.82, 2.24) is 5.32 Å². The van der Waals surface area contributed by atoms with Crippen molar-refractivity contribution in [2.24, 2.45) is 11.8 Å². The van der Waals surface area contributed by atoms with Crippen LogP contribution in [0.25, 0.3) is 0 Å². The molecule has 0 saturated carbocycles. The summed E-state index contributed by atoms with van der Waals surface area (Å²) in [4.78, 5) is 0. The van der Waals surface area contributed by atoms with Gasteiger partial charge in [-0.3, -0.25) is 0 Å². The van der Waals surface area contributed by atoms with Gasteiger partial charge in [0.15, 0.2) is 0 Å². The topological polar surface area (TPSA) is 32.3 Å². The first-order valence-corrected chi connectivity index (χ1v) is 4.10. The third-order valence-electron chi connectivity index (χ3n) is 2.35. The average molecular weight is 143 g/mol. The number of piperidine rings is 1. The van der Waals surface area contributed by atoms with Gasteiger partial charge < -0.3 is 10.4 Å². The molecule has 0 aromatic rings. The van der Waals surface area contributed by atoms with E-state index in [1.54, 1.807) is 0 Å². The van der Waals surface area contributed by atoms with Crippen LogP contribution in [0.5, 0.6) is 0 Å². The summed E-state index contributed by atoms with van der Waals surface area (Å²) in [5.41, 5.74) is 0. The van der Waals surface area contributed by atoms with Crippen LogP contribution >= 0.6 is 0 Å². The Bertz CT molecular complexity index is 103. The maximum Gasteiger partial charge on any atom is 0.0595 e. The highest BCUT2D eigenvalue weighted by Gasteiger charge is 2.24. The SMILES string of the molecule is CC(C)[C@H]1CNCC[C@@H]1O. The van der Waals surface area contributed by atoms with Gasteiger partial charge in [0.05, 0.1) is 6.10 Å². The van der Waals surface area contributed by atoms with Crippen molar-refractivity contribution in [3.05, 3.63) is 0 Å². The molecule has 0 aromatic carbocycles. The number of aliphatic hydroxyl groups is 1. The standard InChI is InChI=1S/C8H17NO/c1-6(2)7-5-9-4-3-8(7)10/h6-10H,3-5H2,1-2H3/t7-,8+/m1/s1. The van der Waals surface area contributed by atoms with Crippen LogP contribution in [0.15, 0.2) is 0 Å². The third kappa shape index (κ3) is 1.70. The molecule has 2 heteroatoms. The van der Waals surface area contributed by atoms with E-state index in [1.165, 1.54) is 0 Å². The molecular formula is C8H17NO. The molecule has 1 heterocycles. The van der Waals surface area contributed by atoms with Crippen LogP contribution in [-0.2, 0) is 0 Å². The first-order chi connectivity index (χ1) is 4.72. The smallest absolute Gasteiger partial charge is 0.0595 e. The fourth-order valence-electron chi connectivity index (χ4n) is 1.55. The van der Waals surface area contributed by atoms with Crippen LogP contribution in [0.2, 0.25) is 0 Å². The Labute approximate surface area is 62.6 Å². The van der Waals surface area contributed by atoms with Crippen LogP contribution in [0, 0.1) is 11.8 Å². The molecule has 10 heavy (non-hydrogen) atoms. The summed E-state index contributed by atoms with van der Waals surface area (Å²) < 4.78 is 0. The minimum atomic E-state index is -0.0683. The molecule has 0 unspecified atom stereocenters. The molecule has 0 amide bonds. The second-order valence-corrected chi connectivity index (χ2v) is 3.47. The van der Waals surface area contributed by atoms with Gasteiger partial charge in [0.25, 0.3) is 0 Å². The minimum Gasteiger partial charge on any atom is -0.393 e. The zero-order chi connectivity index (χ0) is 7.56. The number of aliphatic hydroxyl groups excluding tert-OH is 1. The molecule has 2 atom stereocenters. The predicted octanol–water partition coefficient (Wildman–Crippen LogP) is 0.613. The van der Waals surface area contributed by atoms with E-state index >= 15 is 0 Å². The van der Waals surface area contributed by atoms with Crippen LogP contribution < -0.4 is 5.32 Å². The van der Waals surface area contributed by atoms with Gasteiger partial charge in [-0.15, -0.1) is 0 Å². The van der Waals surface area contributed by atoms with Gasteiger partial charge in [-0.1, -0.05) is 13.8 Å². The van der Waals surface area contributed by atoms with E-state index in [4.69, 9.17) is 0 Å². The van der Waals surface area contributed by atoms with Crippen molar-refractivity contribution in [2.75, 3.05) is 13.1 Å². The lowest BCUT2D eigenvalue weighted by atomic mass is 9.86. The summed E-state index contributed by atoms with van der Waals surface area (Å²) in [5.74, 6) is 1.07. The Hall–Kier alpha value is -0.0800. The summed E-state index contributed by atoms with van der Waals surface area (Å²) in [6.07, 6.45) is 0.851. The highest BCUT2D eigenvalue weighted by molar-refractivity contribution is 4.78. The van der Waals surface area contributed by atoms with Crippen LogP contribution in [-0.4, -0.2) is 24.3 Å². The Kier molecular flexibility index (Phi) is 2.69. The molecule has 1 aliphatic heterocycles. The van der Waals surface area contributed by atoms with Gasteiger partial charge in [0.2, 0.25) is 0 Å². The van der Waals surface area contributed by atoms with Crippen LogP contribution in [0.4, 0.5) is 0 Å². The Balaban J connectivity index is 2.40. The maximum atomic E-state index is 9.50. The van der Waals surface area contributed by atoms with Crippen molar-refractivity contribution >= 4 is 0 Å². The molecule has 0 radical (unpaired) electrons. The fourth-order valence-corrected chi connectivity index (χ4v) is 1.55. The molecular weight excluding hydrogens is 126 g/mol. The predicted molar refractivity (Wildman–Crippen MR) is 41.8 cm³/mol. The van der Waals surface area contributed by atoms with Gasteiger partial charge in [0, 0.05) is 6.54 Å². The largest absolute Gasteiger partial charge is 0.393 e. The quantitative estimate of drug-likeness (QED) is 0.564. The number of hydrogen-bond acceptors (Lipinski definition) is 2. The molecule has 60 valence electrons. The van der Waals surface area contributed by atoms with E-state index in [1.807, 2.05) is 0 Å². The van der Waals surface area contributed by atoms with Crippen molar-refractivity contribution in [1.29, 1.82) is 0 Å². The number of hydrogen-bond donors (Lipinski definition) is 2. The second-order valence-electron chi connectivity index (χ2n) is 3.47. The summed E-state index contributed by atoms with van der Waals surface area (Å²) >= 11 is 0. The lowest BCUT2D eigenvalue weighted by Gasteiger charge is -2.31. The molecule has 0 spiro atoms. The number of rotatable bonds is 1. The van der Waals surface area contributed by atoms with Crippen molar-refractivity contribution < 1.29 is 5.11 Å². The van der Waals surface area contributed by atoms with Gasteiger partial charge in [-0.25, -0.2) is 0 Å². The van der Waals surface area contributed by atoms with E-state index < -0.39 is 0 Å². The molecule has 0 aliphatic carbocycles. The highest BCUT2D eigenvalue weighted by atomic mass is 16.3. The molecule has 1 aliphatic rings. The summed E-state index contributed by atoms with van der Waals surface area (Å²) in [7, 11) is 0. The van der Waals surface area contributed by atoms with E-state index in [2.05, 4.69) is 19.2 Å². The Morgan fingerprint density at radius 3 is 2.60 bits per heavy atom. The summed E-state index contributed by atoms with van der Waals surface area (Å²) in [6, 6.07) is 0. The molecule has 2 N–H and O–H groups in total. The molecule has 1 saturated heterocycles. The zero-order valence-electron chi connectivity index (χ0n) is 6.80. The first-order valence-electron chi connectivity index (χ1n) is 4.10. The van der Waals surface area contributed by atoms with Gasteiger partial charge in [0.1, 0.15) is 0 Å². The number of nitrogens with one attached hydrogen (secondary N) is 1. The van der Waals surface area contributed by atoms with Gasteiger partial charge >= 0.3 is 0 Å². The molecule has 1 rings (SSSR count). The second kappa shape index (κ2) is 3.35. The Morgan fingerprint density at radius 2 is 2.20 bits per heavy atom. The monoisotopic (exact) mass is 143 g/mol. The highest BCUT2D eigenvalue weighted by Crippen LogP contribution is 2.19. The maximum absolute atomic E-state index is 9.50. The molecule has 2 nitrogen and oxygen atoms in total. The summed E-state index contributed by atoms with van der Waals surface area (Å²) in [5, 5.41) is 12.8. The van der Waals surface area contributed by atoms with Crippen molar-refractivity contribution in [3.8, 4) is 0 Å². The van der Waals surface area contributed by atoms with Crippen LogP contribution in [0.1, 0.15) is 20.3 Å². The molecule has 1 fully saturated rings. The fraction of sp³-hybridized carbons (Fsp3) is 1.00. The zero-order valence-corrected chi connectivity index (χ0v) is 6.80. The normalized spacial score (nSPS) is 34.8. The van der Waals surface area contributed by atoms with E-state index in [0.717, 1.165) is 19.5 Å². The van der Waals surface area contributed by atoms with Crippen molar-refractivity contribution in [3.63, 3.8) is 0 Å². The minimum absolute atomic E-state index is 0.0683. The average Bonchev–Trinajstić information content (AvgIpc) is 1.88. The first kappa shape index (κ1) is 8.02. The van der Waals surface area contributed by atoms with E-state index in [9.17, 15) is 5.11 Å². The summed E-state index contributed by atoms with van der Waals surface area (Å²) in [6.45, 7) is 6.30. The third-order valence-corrected chi connectivity index (χ3v) is 2.35. The van der Waals surface area contributed by atoms with E-state index in [0.29, 0.717) is 11.8 Å².